The standard InChI is InChI=1S/C9H7ClF3NO3/c1-4-5(16-2)3-14-8(6(4)7(10)15)17-9(11,12)13/h3H,1-2H3. The van der Waals surface area contributed by atoms with Crippen LogP contribution in [0.4, 0.5) is 13.2 Å². The number of hydrogen-bond acceptors (Lipinski definition) is 4. The number of aromatic nitrogens is 1. The Bertz CT molecular complexity index is 448. The molecule has 17 heavy (non-hydrogen) atoms. The number of carbonyl (C=O) groups is 1. The number of alkyl halides is 3. The zero-order valence-electron chi connectivity index (χ0n) is 8.76. The van der Waals surface area contributed by atoms with E-state index in [1.54, 1.807) is 0 Å². The molecule has 8 heteroatoms. The molecule has 0 atom stereocenters. The second-order valence-corrected chi connectivity index (χ2v) is 3.30. The molecule has 0 amide bonds. The maximum absolute atomic E-state index is 12.1. The van der Waals surface area contributed by atoms with E-state index in [9.17, 15) is 18.0 Å². The molecule has 94 valence electrons. The van der Waals surface area contributed by atoms with Crippen LogP contribution >= 0.6 is 11.6 Å². The molecule has 1 heterocycles. The Hall–Kier alpha value is -1.50. The van der Waals surface area contributed by atoms with Crippen LogP contribution < -0.4 is 9.47 Å². The smallest absolute Gasteiger partial charge is 0.495 e. The lowest BCUT2D eigenvalue weighted by atomic mass is 10.1. The summed E-state index contributed by atoms with van der Waals surface area (Å²) in [6.07, 6.45) is -3.94. The van der Waals surface area contributed by atoms with Gasteiger partial charge in [-0.25, -0.2) is 4.98 Å². The first kappa shape index (κ1) is 13.6. The van der Waals surface area contributed by atoms with Crippen molar-refractivity contribution in [3.63, 3.8) is 0 Å². The summed E-state index contributed by atoms with van der Waals surface area (Å²) in [6, 6.07) is 0. The van der Waals surface area contributed by atoms with Crippen LogP contribution in [0.3, 0.4) is 0 Å². The summed E-state index contributed by atoms with van der Waals surface area (Å²) in [5.74, 6) is -0.751. The highest BCUT2D eigenvalue weighted by atomic mass is 35.5. The Morgan fingerprint density at radius 3 is 2.47 bits per heavy atom. The summed E-state index contributed by atoms with van der Waals surface area (Å²) in [6.45, 7) is 1.37. The SMILES string of the molecule is COc1cnc(OC(F)(F)F)c(C(=O)Cl)c1C. The van der Waals surface area contributed by atoms with Gasteiger partial charge in [0, 0.05) is 5.56 Å². The van der Waals surface area contributed by atoms with Gasteiger partial charge in [-0.3, -0.25) is 4.79 Å². The highest BCUT2D eigenvalue weighted by molar-refractivity contribution is 6.68. The molecular weight excluding hydrogens is 263 g/mol. The van der Waals surface area contributed by atoms with Gasteiger partial charge in [-0.2, -0.15) is 0 Å². The average molecular weight is 270 g/mol. The minimum Gasteiger partial charge on any atom is -0.495 e. The van der Waals surface area contributed by atoms with Gasteiger partial charge in [-0.05, 0) is 18.5 Å². The van der Waals surface area contributed by atoms with E-state index in [4.69, 9.17) is 16.3 Å². The largest absolute Gasteiger partial charge is 0.574 e. The molecule has 0 unspecified atom stereocenters. The van der Waals surface area contributed by atoms with Crippen molar-refractivity contribution in [2.75, 3.05) is 7.11 Å². The average Bonchev–Trinajstić information content (AvgIpc) is 2.14. The first-order valence-electron chi connectivity index (χ1n) is 4.25. The molecule has 0 saturated heterocycles. The Labute approximate surface area is 99.3 Å². The monoisotopic (exact) mass is 269 g/mol. The fraction of sp³-hybridized carbons (Fsp3) is 0.333. The van der Waals surface area contributed by atoms with Gasteiger partial charge in [0.05, 0.1) is 13.3 Å². The van der Waals surface area contributed by atoms with Gasteiger partial charge < -0.3 is 9.47 Å². The Kier molecular flexibility index (Phi) is 3.82. The fourth-order valence-electron chi connectivity index (χ4n) is 1.19. The second-order valence-electron chi connectivity index (χ2n) is 2.95. The maximum Gasteiger partial charge on any atom is 0.574 e. The van der Waals surface area contributed by atoms with Gasteiger partial charge in [-0.15, -0.1) is 13.2 Å². The Morgan fingerprint density at radius 1 is 1.47 bits per heavy atom. The van der Waals surface area contributed by atoms with Gasteiger partial charge in [0.15, 0.2) is 0 Å². The molecule has 1 rings (SSSR count). The number of pyridine rings is 1. The van der Waals surface area contributed by atoms with E-state index in [2.05, 4.69) is 9.72 Å². The van der Waals surface area contributed by atoms with Crippen LogP contribution in [-0.2, 0) is 0 Å². The molecule has 0 spiro atoms. The minimum atomic E-state index is -4.95. The highest BCUT2D eigenvalue weighted by Gasteiger charge is 2.34. The number of rotatable bonds is 3. The minimum absolute atomic E-state index is 0.127. The number of carbonyl (C=O) groups excluding carboxylic acids is 1. The molecule has 0 aromatic carbocycles. The molecular formula is C9H7ClF3NO3. The summed E-state index contributed by atoms with van der Waals surface area (Å²) >= 11 is 5.19. The van der Waals surface area contributed by atoms with Crippen molar-refractivity contribution in [2.45, 2.75) is 13.3 Å². The van der Waals surface area contributed by atoms with E-state index in [-0.39, 0.29) is 11.3 Å². The summed E-state index contributed by atoms with van der Waals surface area (Å²) in [5, 5.41) is -1.10. The van der Waals surface area contributed by atoms with E-state index < -0.39 is 23.0 Å². The molecule has 1 aromatic heterocycles. The van der Waals surface area contributed by atoms with E-state index >= 15 is 0 Å². The molecule has 0 N–H and O–H groups in total. The summed E-state index contributed by atoms with van der Waals surface area (Å²) in [7, 11) is 1.29. The highest BCUT2D eigenvalue weighted by Crippen LogP contribution is 2.31. The van der Waals surface area contributed by atoms with Crippen molar-refractivity contribution >= 4 is 16.8 Å². The number of methoxy groups -OCH3 is 1. The molecule has 4 nitrogen and oxygen atoms in total. The zero-order valence-corrected chi connectivity index (χ0v) is 9.52. The lowest BCUT2D eigenvalue weighted by Gasteiger charge is -2.13. The van der Waals surface area contributed by atoms with E-state index in [1.807, 2.05) is 0 Å². The van der Waals surface area contributed by atoms with Crippen molar-refractivity contribution in [1.82, 2.24) is 4.98 Å². The van der Waals surface area contributed by atoms with Crippen LogP contribution in [-0.4, -0.2) is 23.7 Å². The molecule has 0 radical (unpaired) electrons. The van der Waals surface area contributed by atoms with Gasteiger partial charge in [-0.1, -0.05) is 0 Å². The predicted molar refractivity (Wildman–Crippen MR) is 52.4 cm³/mol. The Balaban J connectivity index is 3.32. The van der Waals surface area contributed by atoms with Gasteiger partial charge >= 0.3 is 6.36 Å². The fourth-order valence-corrected chi connectivity index (χ4v) is 1.41. The van der Waals surface area contributed by atoms with E-state index in [0.717, 1.165) is 6.20 Å². The van der Waals surface area contributed by atoms with Crippen LogP contribution in [0, 0.1) is 6.92 Å². The third-order valence-electron chi connectivity index (χ3n) is 1.89. The van der Waals surface area contributed by atoms with Crippen molar-refractivity contribution < 1.29 is 27.4 Å². The maximum atomic E-state index is 12.1. The zero-order chi connectivity index (χ0) is 13.2. The third kappa shape index (κ3) is 3.23. The van der Waals surface area contributed by atoms with Crippen LogP contribution in [0.25, 0.3) is 0 Å². The summed E-state index contributed by atoms with van der Waals surface area (Å²) in [4.78, 5) is 14.4. The number of nitrogens with zero attached hydrogens (tertiary/aromatic N) is 1. The molecule has 0 aliphatic rings. The number of halogens is 4. The van der Waals surface area contributed by atoms with Gasteiger partial charge in [0.25, 0.3) is 5.24 Å². The second kappa shape index (κ2) is 4.79. The van der Waals surface area contributed by atoms with E-state index in [0.29, 0.717) is 0 Å². The molecule has 0 bridgehead atoms. The Morgan fingerprint density at radius 2 is 2.06 bits per heavy atom. The molecule has 0 saturated carbocycles. The van der Waals surface area contributed by atoms with Crippen LogP contribution in [0.15, 0.2) is 6.20 Å². The summed E-state index contributed by atoms with van der Waals surface area (Å²) in [5.41, 5.74) is -0.343. The van der Waals surface area contributed by atoms with Gasteiger partial charge in [0.1, 0.15) is 11.3 Å². The van der Waals surface area contributed by atoms with Crippen molar-refractivity contribution in [1.29, 1.82) is 0 Å². The molecule has 1 aromatic rings. The normalized spacial score (nSPS) is 11.2. The van der Waals surface area contributed by atoms with Crippen molar-refractivity contribution in [3.05, 3.63) is 17.3 Å². The van der Waals surface area contributed by atoms with Gasteiger partial charge in [0.2, 0.25) is 5.88 Å². The van der Waals surface area contributed by atoms with Crippen LogP contribution in [0.1, 0.15) is 15.9 Å². The lowest BCUT2D eigenvalue weighted by Crippen LogP contribution is -2.20. The van der Waals surface area contributed by atoms with Crippen LogP contribution in [0.2, 0.25) is 0 Å². The van der Waals surface area contributed by atoms with Crippen molar-refractivity contribution in [2.24, 2.45) is 0 Å². The predicted octanol–water partition coefficient (Wildman–Crippen LogP) is 2.68. The topological polar surface area (TPSA) is 48.4 Å². The van der Waals surface area contributed by atoms with E-state index in [1.165, 1.54) is 14.0 Å². The molecule has 0 aliphatic heterocycles. The quantitative estimate of drug-likeness (QED) is 0.792. The van der Waals surface area contributed by atoms with Crippen molar-refractivity contribution in [3.8, 4) is 11.6 Å². The van der Waals surface area contributed by atoms with Crippen LogP contribution in [0.5, 0.6) is 11.6 Å². The first-order chi connectivity index (χ1) is 7.76. The molecule has 0 fully saturated rings. The third-order valence-corrected chi connectivity index (χ3v) is 2.08. The number of ether oxygens (including phenoxy) is 2. The molecule has 0 aliphatic carbocycles. The lowest BCUT2D eigenvalue weighted by molar-refractivity contribution is -0.276. The summed E-state index contributed by atoms with van der Waals surface area (Å²) < 4.78 is 44.6. The number of hydrogen-bond donors (Lipinski definition) is 0. The first-order valence-corrected chi connectivity index (χ1v) is 4.63.